The second-order valence-electron chi connectivity index (χ2n) is 5.23. The molecule has 1 aliphatic rings. The summed E-state index contributed by atoms with van der Waals surface area (Å²) in [7, 11) is -3.45. The molecule has 19 heavy (non-hydrogen) atoms. The van der Waals surface area contributed by atoms with Crippen molar-refractivity contribution in [3.05, 3.63) is 29.8 Å². The zero-order chi connectivity index (χ0) is 14.0. The van der Waals surface area contributed by atoms with Gasteiger partial charge in [0.05, 0.1) is 0 Å². The first-order valence-electron chi connectivity index (χ1n) is 6.52. The van der Waals surface area contributed by atoms with Crippen LogP contribution in [0.1, 0.15) is 32.3 Å². The van der Waals surface area contributed by atoms with Crippen LogP contribution < -0.4 is 10.5 Å². The Morgan fingerprint density at radius 2 is 2.00 bits per heavy atom. The first-order chi connectivity index (χ1) is 8.90. The van der Waals surface area contributed by atoms with Crippen molar-refractivity contribution < 1.29 is 8.42 Å². The van der Waals surface area contributed by atoms with Crippen LogP contribution in [0.25, 0.3) is 0 Å². The van der Waals surface area contributed by atoms with E-state index >= 15 is 0 Å². The number of anilines is 1. The first kappa shape index (κ1) is 14.3. The lowest BCUT2D eigenvalue weighted by Crippen LogP contribution is -2.44. The van der Waals surface area contributed by atoms with E-state index in [4.69, 9.17) is 5.73 Å². The molecule has 1 fully saturated rings. The van der Waals surface area contributed by atoms with Crippen LogP contribution in [0.3, 0.4) is 0 Å². The average molecular weight is 283 g/mol. The van der Waals surface area contributed by atoms with E-state index in [0.717, 1.165) is 18.4 Å². The third kappa shape index (κ3) is 3.68. The summed E-state index contributed by atoms with van der Waals surface area (Å²) in [6.45, 7) is 4.03. The number of nitrogen functional groups attached to an aromatic ring is 1. The number of benzene rings is 1. The molecule has 0 unspecified atom stereocenters. The van der Waals surface area contributed by atoms with Gasteiger partial charge >= 0.3 is 0 Å². The summed E-state index contributed by atoms with van der Waals surface area (Å²) in [6, 6.07) is 7.35. The third-order valence-electron chi connectivity index (χ3n) is 3.16. The van der Waals surface area contributed by atoms with Gasteiger partial charge in [-0.3, -0.25) is 0 Å². The molecule has 3 N–H and O–H groups in total. The standard InChI is InChI=1S/C13H21N3O2S/c1-10(2)16(19(17,18)15-12-7-8-12)9-11-5-3-4-6-13(11)14/h3-6,10,12,15H,7-9,14H2,1-2H3. The van der Waals surface area contributed by atoms with Gasteiger partial charge in [0.15, 0.2) is 0 Å². The number of nitrogens with two attached hydrogens (primary N) is 1. The summed E-state index contributed by atoms with van der Waals surface area (Å²) >= 11 is 0. The molecule has 5 nitrogen and oxygen atoms in total. The Balaban J connectivity index is 2.18. The molecule has 0 amide bonds. The molecule has 6 heteroatoms. The van der Waals surface area contributed by atoms with E-state index in [1.807, 2.05) is 32.0 Å². The van der Waals surface area contributed by atoms with Crippen LogP contribution in [0.4, 0.5) is 5.69 Å². The van der Waals surface area contributed by atoms with E-state index in [2.05, 4.69) is 4.72 Å². The minimum atomic E-state index is -3.45. The molecule has 0 aromatic heterocycles. The summed E-state index contributed by atoms with van der Waals surface area (Å²) in [6.07, 6.45) is 1.86. The first-order valence-corrected chi connectivity index (χ1v) is 7.96. The summed E-state index contributed by atoms with van der Waals surface area (Å²) in [5, 5.41) is 0. The van der Waals surface area contributed by atoms with Gasteiger partial charge in [0.25, 0.3) is 10.2 Å². The maximum absolute atomic E-state index is 12.3. The molecule has 106 valence electrons. The lowest BCUT2D eigenvalue weighted by Gasteiger charge is -2.26. The molecule has 1 aliphatic carbocycles. The van der Waals surface area contributed by atoms with Crippen molar-refractivity contribution in [2.75, 3.05) is 5.73 Å². The summed E-state index contributed by atoms with van der Waals surface area (Å²) in [5.74, 6) is 0. The van der Waals surface area contributed by atoms with E-state index in [1.54, 1.807) is 6.07 Å². The van der Waals surface area contributed by atoms with Gasteiger partial charge in [-0.05, 0) is 38.3 Å². The lowest BCUT2D eigenvalue weighted by molar-refractivity contribution is 0.342. The fourth-order valence-electron chi connectivity index (χ4n) is 1.87. The smallest absolute Gasteiger partial charge is 0.280 e. The van der Waals surface area contributed by atoms with Gasteiger partial charge in [-0.2, -0.15) is 17.4 Å². The van der Waals surface area contributed by atoms with Crippen LogP contribution in [0.5, 0.6) is 0 Å². The van der Waals surface area contributed by atoms with Gasteiger partial charge in [-0.25, -0.2) is 0 Å². The van der Waals surface area contributed by atoms with E-state index in [1.165, 1.54) is 4.31 Å². The molecule has 0 heterocycles. The van der Waals surface area contributed by atoms with Gasteiger partial charge in [0.2, 0.25) is 0 Å². The SMILES string of the molecule is CC(C)N(Cc1ccccc1N)S(=O)(=O)NC1CC1. The summed E-state index contributed by atoms with van der Waals surface area (Å²) < 4.78 is 28.8. The fourth-order valence-corrected chi connectivity index (χ4v) is 3.53. The normalized spacial score (nSPS) is 16.2. The Hall–Kier alpha value is -1.11. The molecule has 0 aliphatic heterocycles. The van der Waals surface area contributed by atoms with Crippen molar-refractivity contribution in [3.8, 4) is 0 Å². The molecule has 0 radical (unpaired) electrons. The maximum Gasteiger partial charge on any atom is 0.280 e. The number of para-hydroxylation sites is 1. The average Bonchev–Trinajstić information content (AvgIpc) is 3.10. The minimum absolute atomic E-state index is 0.111. The maximum atomic E-state index is 12.3. The van der Waals surface area contributed by atoms with Crippen LogP contribution >= 0.6 is 0 Å². The van der Waals surface area contributed by atoms with Crippen LogP contribution in [0.15, 0.2) is 24.3 Å². The van der Waals surface area contributed by atoms with Crippen molar-refractivity contribution in [3.63, 3.8) is 0 Å². The molecule has 1 saturated carbocycles. The predicted octanol–water partition coefficient (Wildman–Crippen LogP) is 1.48. The van der Waals surface area contributed by atoms with Crippen LogP contribution in [0, 0.1) is 0 Å². The molecule has 0 atom stereocenters. The molecule has 1 aromatic carbocycles. The molecule has 2 rings (SSSR count). The van der Waals surface area contributed by atoms with Gasteiger partial charge in [-0.1, -0.05) is 18.2 Å². The topological polar surface area (TPSA) is 75.4 Å². The molecule has 0 spiro atoms. The highest BCUT2D eigenvalue weighted by molar-refractivity contribution is 7.87. The monoisotopic (exact) mass is 283 g/mol. The molecule has 1 aromatic rings. The molecule has 0 bridgehead atoms. The van der Waals surface area contributed by atoms with Crippen LogP contribution in [-0.2, 0) is 16.8 Å². The van der Waals surface area contributed by atoms with Gasteiger partial charge < -0.3 is 5.73 Å². The van der Waals surface area contributed by atoms with E-state index < -0.39 is 10.2 Å². The van der Waals surface area contributed by atoms with Crippen LogP contribution in [-0.4, -0.2) is 24.8 Å². The predicted molar refractivity (Wildman–Crippen MR) is 76.6 cm³/mol. The largest absolute Gasteiger partial charge is 0.398 e. The van der Waals surface area contributed by atoms with Gasteiger partial charge in [0, 0.05) is 24.3 Å². The molecular formula is C13H21N3O2S. The highest BCUT2D eigenvalue weighted by Gasteiger charge is 2.32. The highest BCUT2D eigenvalue weighted by Crippen LogP contribution is 2.23. The fraction of sp³-hybridized carbons (Fsp3) is 0.538. The van der Waals surface area contributed by atoms with Crippen molar-refractivity contribution >= 4 is 15.9 Å². The van der Waals surface area contributed by atoms with Crippen molar-refractivity contribution in [2.45, 2.75) is 45.3 Å². The highest BCUT2D eigenvalue weighted by atomic mass is 32.2. The summed E-state index contributed by atoms with van der Waals surface area (Å²) in [4.78, 5) is 0. The summed E-state index contributed by atoms with van der Waals surface area (Å²) in [5.41, 5.74) is 7.34. The number of rotatable bonds is 6. The minimum Gasteiger partial charge on any atom is -0.398 e. The Labute approximate surface area is 115 Å². The van der Waals surface area contributed by atoms with Gasteiger partial charge in [-0.15, -0.1) is 0 Å². The van der Waals surface area contributed by atoms with Crippen molar-refractivity contribution in [2.24, 2.45) is 0 Å². The van der Waals surface area contributed by atoms with Crippen molar-refractivity contribution in [1.29, 1.82) is 0 Å². The molecular weight excluding hydrogens is 262 g/mol. The third-order valence-corrected chi connectivity index (χ3v) is 4.96. The number of nitrogens with zero attached hydrogens (tertiary/aromatic N) is 1. The Morgan fingerprint density at radius 1 is 1.37 bits per heavy atom. The Kier molecular flexibility index (Phi) is 4.13. The second-order valence-corrected chi connectivity index (χ2v) is 6.89. The van der Waals surface area contributed by atoms with Crippen LogP contribution in [0.2, 0.25) is 0 Å². The Bertz CT molecular complexity index is 539. The number of nitrogens with one attached hydrogen (secondary N) is 1. The lowest BCUT2D eigenvalue weighted by atomic mass is 10.2. The molecule has 0 saturated heterocycles. The van der Waals surface area contributed by atoms with E-state index in [0.29, 0.717) is 12.2 Å². The number of hydrogen-bond donors (Lipinski definition) is 2. The second kappa shape index (κ2) is 5.48. The van der Waals surface area contributed by atoms with Crippen molar-refractivity contribution in [1.82, 2.24) is 9.03 Å². The Morgan fingerprint density at radius 3 is 2.53 bits per heavy atom. The van der Waals surface area contributed by atoms with Gasteiger partial charge in [0.1, 0.15) is 0 Å². The quantitative estimate of drug-likeness (QED) is 0.776. The van der Waals surface area contributed by atoms with E-state index in [-0.39, 0.29) is 12.1 Å². The number of hydrogen-bond acceptors (Lipinski definition) is 3. The zero-order valence-electron chi connectivity index (χ0n) is 11.3. The zero-order valence-corrected chi connectivity index (χ0v) is 12.2. The van der Waals surface area contributed by atoms with E-state index in [9.17, 15) is 8.42 Å².